The van der Waals surface area contributed by atoms with Crippen molar-refractivity contribution in [2.45, 2.75) is 24.8 Å². The zero-order valence-corrected chi connectivity index (χ0v) is 14.1. The first kappa shape index (κ1) is 15.9. The van der Waals surface area contributed by atoms with Gasteiger partial charge in [-0.05, 0) is 30.2 Å². The third kappa shape index (κ3) is 3.49. The molecule has 0 saturated heterocycles. The van der Waals surface area contributed by atoms with Crippen molar-refractivity contribution in [3.05, 3.63) is 47.1 Å². The van der Waals surface area contributed by atoms with Gasteiger partial charge in [-0.3, -0.25) is 0 Å². The van der Waals surface area contributed by atoms with Crippen LogP contribution in [0.5, 0.6) is 0 Å². The van der Waals surface area contributed by atoms with E-state index in [1.807, 2.05) is 6.07 Å². The molecule has 0 unspecified atom stereocenters. The third-order valence-corrected chi connectivity index (χ3v) is 5.51. The van der Waals surface area contributed by atoms with E-state index in [4.69, 9.17) is 5.14 Å². The molecule has 23 heavy (non-hydrogen) atoms. The van der Waals surface area contributed by atoms with Gasteiger partial charge in [0.2, 0.25) is 10.0 Å². The number of aryl methyl sites for hydroxylation is 1. The summed E-state index contributed by atoms with van der Waals surface area (Å²) >= 11 is 1.65. The number of hydrogen-bond donors (Lipinski definition) is 2. The minimum absolute atomic E-state index is 0.105. The molecule has 3 N–H and O–H groups in total. The molecule has 0 amide bonds. The normalized spacial score (nSPS) is 11.7. The Kier molecular flexibility index (Phi) is 4.29. The molecule has 3 rings (SSSR count). The predicted octanol–water partition coefficient (Wildman–Crippen LogP) is 2.51. The van der Waals surface area contributed by atoms with Crippen molar-refractivity contribution in [2.75, 3.05) is 5.32 Å². The highest BCUT2D eigenvalue weighted by Crippen LogP contribution is 2.28. The molecule has 3 aromatic rings. The van der Waals surface area contributed by atoms with Crippen molar-refractivity contribution in [2.24, 2.45) is 5.14 Å². The van der Waals surface area contributed by atoms with Gasteiger partial charge >= 0.3 is 0 Å². The van der Waals surface area contributed by atoms with Gasteiger partial charge in [-0.1, -0.05) is 19.1 Å². The molecule has 8 heteroatoms. The van der Waals surface area contributed by atoms with E-state index in [2.05, 4.69) is 28.3 Å². The molecule has 120 valence electrons. The monoisotopic (exact) mass is 348 g/mol. The third-order valence-electron chi connectivity index (χ3n) is 3.42. The Morgan fingerprint density at radius 3 is 2.83 bits per heavy atom. The summed E-state index contributed by atoms with van der Waals surface area (Å²) in [7, 11) is -3.69. The minimum atomic E-state index is -3.69. The van der Waals surface area contributed by atoms with Crippen molar-refractivity contribution < 1.29 is 8.42 Å². The van der Waals surface area contributed by atoms with Gasteiger partial charge in [0.15, 0.2) is 0 Å². The molecular formula is C15H16N4O2S2. The van der Waals surface area contributed by atoms with E-state index in [-0.39, 0.29) is 4.90 Å². The van der Waals surface area contributed by atoms with Crippen LogP contribution in [-0.2, 0) is 23.0 Å². The second-order valence-corrected chi connectivity index (χ2v) is 7.73. The molecule has 0 spiro atoms. The molecule has 0 atom stereocenters. The summed E-state index contributed by atoms with van der Waals surface area (Å²) < 4.78 is 22.8. The van der Waals surface area contributed by atoms with E-state index < -0.39 is 10.0 Å². The van der Waals surface area contributed by atoms with Crippen molar-refractivity contribution >= 4 is 37.4 Å². The van der Waals surface area contributed by atoms with E-state index in [1.54, 1.807) is 23.5 Å². The van der Waals surface area contributed by atoms with Gasteiger partial charge in [0, 0.05) is 11.4 Å². The highest BCUT2D eigenvalue weighted by molar-refractivity contribution is 7.89. The number of rotatable bonds is 5. The number of anilines is 1. The molecule has 0 aliphatic heterocycles. The maximum absolute atomic E-state index is 11.4. The average molecular weight is 348 g/mol. The van der Waals surface area contributed by atoms with Crippen LogP contribution in [-0.4, -0.2) is 18.4 Å². The van der Waals surface area contributed by atoms with Gasteiger partial charge < -0.3 is 5.32 Å². The van der Waals surface area contributed by atoms with Crippen LogP contribution in [0.3, 0.4) is 0 Å². The van der Waals surface area contributed by atoms with Crippen LogP contribution in [0.4, 0.5) is 5.82 Å². The summed E-state index contributed by atoms with van der Waals surface area (Å²) in [4.78, 5) is 10.9. The molecule has 0 radical (unpaired) electrons. The molecule has 0 saturated carbocycles. The van der Waals surface area contributed by atoms with Gasteiger partial charge in [-0.25, -0.2) is 23.5 Å². The number of benzene rings is 1. The number of fused-ring (bicyclic) bond motifs is 1. The fourth-order valence-electron chi connectivity index (χ4n) is 2.24. The van der Waals surface area contributed by atoms with Gasteiger partial charge in [0.05, 0.1) is 10.3 Å². The van der Waals surface area contributed by atoms with E-state index in [0.29, 0.717) is 6.54 Å². The lowest BCUT2D eigenvalue weighted by atomic mass is 10.2. The zero-order valence-electron chi connectivity index (χ0n) is 12.5. The van der Waals surface area contributed by atoms with Crippen molar-refractivity contribution in [1.82, 2.24) is 9.97 Å². The molecule has 0 aliphatic carbocycles. The molecule has 0 aliphatic rings. The summed E-state index contributed by atoms with van der Waals surface area (Å²) in [5.41, 5.74) is 0.814. The molecule has 1 aromatic carbocycles. The number of nitrogens with two attached hydrogens (primary N) is 1. The Balaban J connectivity index is 1.85. The highest BCUT2D eigenvalue weighted by atomic mass is 32.2. The molecule has 0 fully saturated rings. The van der Waals surface area contributed by atoms with Gasteiger partial charge in [-0.15, -0.1) is 11.3 Å². The van der Waals surface area contributed by atoms with Crippen LogP contribution >= 0.6 is 11.3 Å². The maximum Gasteiger partial charge on any atom is 0.238 e. The van der Waals surface area contributed by atoms with Crippen LogP contribution in [0.15, 0.2) is 41.6 Å². The second-order valence-electron chi connectivity index (χ2n) is 5.05. The van der Waals surface area contributed by atoms with Crippen molar-refractivity contribution in [1.29, 1.82) is 0 Å². The van der Waals surface area contributed by atoms with E-state index in [1.165, 1.54) is 17.3 Å². The first-order valence-corrected chi connectivity index (χ1v) is 9.42. The summed E-state index contributed by atoms with van der Waals surface area (Å²) in [6.07, 6.45) is 2.48. The predicted molar refractivity (Wildman–Crippen MR) is 91.9 cm³/mol. The largest absolute Gasteiger partial charge is 0.365 e. The van der Waals surface area contributed by atoms with Crippen molar-refractivity contribution in [3.63, 3.8) is 0 Å². The number of nitrogens with zero attached hydrogens (tertiary/aromatic N) is 2. The fraction of sp³-hybridized carbons (Fsp3) is 0.200. The molecule has 0 bridgehead atoms. The highest BCUT2D eigenvalue weighted by Gasteiger charge is 2.10. The topological polar surface area (TPSA) is 98.0 Å². The Bertz CT molecular complexity index is 951. The van der Waals surface area contributed by atoms with Gasteiger partial charge in [-0.2, -0.15) is 0 Å². The first-order chi connectivity index (χ1) is 11.0. The zero-order chi connectivity index (χ0) is 16.4. The summed E-state index contributed by atoms with van der Waals surface area (Å²) in [6, 6.07) is 8.64. The summed E-state index contributed by atoms with van der Waals surface area (Å²) in [5, 5.41) is 9.38. The number of thiophene rings is 1. The summed E-state index contributed by atoms with van der Waals surface area (Å²) in [6.45, 7) is 2.55. The van der Waals surface area contributed by atoms with Crippen LogP contribution in [0.25, 0.3) is 10.2 Å². The lowest BCUT2D eigenvalue weighted by Crippen LogP contribution is -2.12. The fourth-order valence-corrected chi connectivity index (χ4v) is 3.76. The van der Waals surface area contributed by atoms with Crippen LogP contribution in [0, 0.1) is 0 Å². The van der Waals surface area contributed by atoms with Crippen molar-refractivity contribution in [3.8, 4) is 0 Å². The van der Waals surface area contributed by atoms with Crippen LogP contribution in [0.1, 0.15) is 17.4 Å². The Morgan fingerprint density at radius 2 is 2.09 bits per heavy atom. The second kappa shape index (κ2) is 6.23. The lowest BCUT2D eigenvalue weighted by Gasteiger charge is -2.07. The number of hydrogen-bond acceptors (Lipinski definition) is 6. The minimum Gasteiger partial charge on any atom is -0.365 e. The Hall–Kier alpha value is -2.03. The van der Waals surface area contributed by atoms with E-state index >= 15 is 0 Å². The van der Waals surface area contributed by atoms with Crippen LogP contribution in [0.2, 0.25) is 0 Å². The molecule has 6 nitrogen and oxygen atoms in total. The molecule has 2 aromatic heterocycles. The quantitative estimate of drug-likeness (QED) is 0.738. The first-order valence-electron chi connectivity index (χ1n) is 7.06. The number of aromatic nitrogens is 2. The molecular weight excluding hydrogens is 332 g/mol. The van der Waals surface area contributed by atoms with Gasteiger partial charge in [0.1, 0.15) is 17.0 Å². The number of primary sulfonamides is 1. The molecule has 2 heterocycles. The lowest BCUT2D eigenvalue weighted by molar-refractivity contribution is 0.597. The van der Waals surface area contributed by atoms with Gasteiger partial charge in [0.25, 0.3) is 0 Å². The number of nitrogens with one attached hydrogen (secondary N) is 1. The van der Waals surface area contributed by atoms with E-state index in [9.17, 15) is 8.42 Å². The SMILES string of the molecule is CCc1cc2c(NCc3cccc(S(N)(=O)=O)c3)ncnc2s1. The van der Waals surface area contributed by atoms with Crippen LogP contribution < -0.4 is 10.5 Å². The summed E-state index contributed by atoms with van der Waals surface area (Å²) in [5.74, 6) is 0.743. The standard InChI is InChI=1S/C15H16N4O2S2/c1-2-11-7-13-14(18-9-19-15(13)22-11)17-8-10-4-3-5-12(6-10)23(16,20)21/h3-7,9H,2,8H2,1H3,(H2,16,20,21)(H,17,18,19). The maximum atomic E-state index is 11.4. The Labute approximate surface area is 138 Å². The smallest absolute Gasteiger partial charge is 0.238 e. The average Bonchev–Trinajstić information content (AvgIpc) is 2.96. The number of sulfonamides is 1. The Morgan fingerprint density at radius 1 is 1.26 bits per heavy atom. The van der Waals surface area contributed by atoms with E-state index in [0.717, 1.165) is 28.0 Å².